The molecule has 1 fully saturated rings. The van der Waals surface area contributed by atoms with Crippen molar-refractivity contribution in [3.63, 3.8) is 0 Å². The molecule has 202 valence electrons. The quantitative estimate of drug-likeness (QED) is 0.367. The van der Waals surface area contributed by atoms with Crippen molar-refractivity contribution < 1.29 is 23.4 Å². The number of hydrogen-bond acceptors (Lipinski definition) is 6. The van der Waals surface area contributed by atoms with E-state index in [1.54, 1.807) is 59.5 Å². The molecule has 0 aliphatic carbocycles. The Morgan fingerprint density at radius 2 is 1.63 bits per heavy atom. The molecular weight excluding hydrogens is 524 g/mol. The molecule has 7 nitrogen and oxygen atoms in total. The lowest BCUT2D eigenvalue weighted by Gasteiger charge is -2.29. The fourth-order valence-corrected chi connectivity index (χ4v) is 6.00. The van der Waals surface area contributed by atoms with Crippen molar-refractivity contribution in [2.45, 2.75) is 54.2 Å². The highest BCUT2D eigenvalue weighted by Crippen LogP contribution is 2.23. The van der Waals surface area contributed by atoms with Gasteiger partial charge in [0.2, 0.25) is 9.84 Å². The first kappa shape index (κ1) is 28.3. The fourth-order valence-electron chi connectivity index (χ4n) is 4.54. The Balaban J connectivity index is 1.34. The number of rotatable bonds is 9. The number of hydrogen-bond donors (Lipinski definition) is 3. The van der Waals surface area contributed by atoms with Gasteiger partial charge in [-0.1, -0.05) is 35.9 Å². The molecule has 38 heavy (non-hydrogen) atoms. The Kier molecular flexibility index (Phi) is 9.23. The van der Waals surface area contributed by atoms with E-state index in [-0.39, 0.29) is 27.8 Å². The number of nitrogens with zero attached hydrogens (tertiary/aromatic N) is 1. The van der Waals surface area contributed by atoms with Crippen LogP contribution in [0.15, 0.2) is 82.6 Å². The van der Waals surface area contributed by atoms with Gasteiger partial charge in [0, 0.05) is 36.3 Å². The van der Waals surface area contributed by atoms with Crippen LogP contribution in [0.4, 0.5) is 0 Å². The summed E-state index contributed by atoms with van der Waals surface area (Å²) < 4.78 is 26.3. The molecule has 4 rings (SSSR count). The number of carbonyl (C=O) groups is 1. The predicted molar refractivity (Wildman–Crippen MR) is 147 cm³/mol. The van der Waals surface area contributed by atoms with Gasteiger partial charge in [-0.3, -0.25) is 4.79 Å². The van der Waals surface area contributed by atoms with Gasteiger partial charge in [0.1, 0.15) is 0 Å². The number of likely N-dealkylation sites (tertiary alicyclic amines) is 1. The summed E-state index contributed by atoms with van der Waals surface area (Å²) in [6.45, 7) is 3.35. The van der Waals surface area contributed by atoms with Gasteiger partial charge in [0.15, 0.2) is 0 Å². The first-order chi connectivity index (χ1) is 18.1. The van der Waals surface area contributed by atoms with Crippen LogP contribution in [-0.2, 0) is 16.3 Å². The molecule has 3 aromatic carbocycles. The lowest BCUT2D eigenvalue weighted by atomic mass is 10.1. The van der Waals surface area contributed by atoms with E-state index in [2.05, 4.69) is 5.32 Å². The number of nitrogens with one attached hydrogen (secondary N) is 1. The Hall–Kier alpha value is -2.75. The molecule has 1 amide bonds. The summed E-state index contributed by atoms with van der Waals surface area (Å²) in [5, 5.41) is 23.9. The van der Waals surface area contributed by atoms with Crippen molar-refractivity contribution in [1.29, 1.82) is 0 Å². The van der Waals surface area contributed by atoms with Crippen molar-refractivity contribution >= 4 is 27.3 Å². The van der Waals surface area contributed by atoms with Crippen LogP contribution in [0.3, 0.4) is 0 Å². The van der Waals surface area contributed by atoms with E-state index in [4.69, 9.17) is 11.6 Å². The topological polar surface area (TPSA) is 107 Å². The molecule has 9 heteroatoms. The van der Waals surface area contributed by atoms with Crippen molar-refractivity contribution in [2.75, 3.05) is 19.6 Å². The number of aliphatic hydroxyl groups excluding tert-OH is 2. The molecule has 0 saturated carbocycles. The number of amides is 1. The van der Waals surface area contributed by atoms with E-state index in [9.17, 15) is 23.4 Å². The Morgan fingerprint density at radius 1 is 1.03 bits per heavy atom. The van der Waals surface area contributed by atoms with Crippen molar-refractivity contribution in [3.8, 4) is 0 Å². The third-order valence-electron chi connectivity index (χ3n) is 6.83. The molecule has 3 N–H and O–H groups in total. The molecule has 1 aliphatic rings. The van der Waals surface area contributed by atoms with Crippen molar-refractivity contribution in [3.05, 3.63) is 94.5 Å². The summed E-state index contributed by atoms with van der Waals surface area (Å²) >= 11 is 6.00. The second-order valence-electron chi connectivity index (χ2n) is 9.78. The largest absolute Gasteiger partial charge is 0.393 e. The van der Waals surface area contributed by atoms with Gasteiger partial charge in [-0.15, -0.1) is 0 Å². The van der Waals surface area contributed by atoms with Gasteiger partial charge in [0.05, 0.1) is 22.0 Å². The zero-order valence-corrected chi connectivity index (χ0v) is 22.8. The SMILES string of the molecule is C[C@H](Cc1ccc(S(=O)(=O)c2ccc(C(=O)N3CCC(O)CC3)cc2)cc1)NC[C@@H](O)c1cccc(Cl)c1. The smallest absolute Gasteiger partial charge is 0.253 e. The number of aliphatic hydroxyl groups is 2. The van der Waals surface area contributed by atoms with E-state index < -0.39 is 15.9 Å². The summed E-state index contributed by atoms with van der Waals surface area (Å²) in [5.74, 6) is -0.159. The molecule has 3 aromatic rings. The molecule has 0 spiro atoms. The van der Waals surface area contributed by atoms with Gasteiger partial charge in [0.25, 0.3) is 5.91 Å². The molecule has 2 atom stereocenters. The summed E-state index contributed by atoms with van der Waals surface area (Å²) in [6, 6.07) is 20.0. The van der Waals surface area contributed by atoms with Crippen molar-refractivity contribution in [2.24, 2.45) is 0 Å². The maximum atomic E-state index is 13.1. The van der Waals surface area contributed by atoms with E-state index >= 15 is 0 Å². The second-order valence-corrected chi connectivity index (χ2v) is 12.2. The van der Waals surface area contributed by atoms with E-state index in [0.29, 0.717) is 49.5 Å². The number of sulfone groups is 1. The Morgan fingerprint density at radius 3 is 2.24 bits per heavy atom. The first-order valence-electron chi connectivity index (χ1n) is 12.7. The van der Waals surface area contributed by atoms with Crippen LogP contribution in [0.5, 0.6) is 0 Å². The first-order valence-corrected chi connectivity index (χ1v) is 14.6. The minimum absolute atomic E-state index is 0.0551. The lowest BCUT2D eigenvalue weighted by molar-refractivity contribution is 0.0546. The van der Waals surface area contributed by atoms with Gasteiger partial charge in [-0.2, -0.15) is 0 Å². The average molecular weight is 557 g/mol. The number of piperidine rings is 1. The highest BCUT2D eigenvalue weighted by molar-refractivity contribution is 7.91. The van der Waals surface area contributed by atoms with E-state index in [0.717, 1.165) is 11.1 Å². The maximum Gasteiger partial charge on any atom is 0.253 e. The van der Waals surface area contributed by atoms with Crippen LogP contribution in [-0.4, -0.2) is 61.2 Å². The predicted octanol–water partition coefficient (Wildman–Crippen LogP) is 4.02. The standard InChI is InChI=1S/C29H33ClN2O5S/c1-20(31-19-28(34)23-3-2-4-24(30)18-23)17-21-5-9-26(10-6-21)38(36,37)27-11-7-22(8-12-27)29(35)32-15-13-25(33)14-16-32/h2-12,18,20,25,28,31,33-34H,13-17,19H2,1H3/t20-,28-/m1/s1. The van der Waals surface area contributed by atoms with Crippen LogP contribution in [0, 0.1) is 0 Å². The van der Waals surface area contributed by atoms with Crippen LogP contribution in [0.25, 0.3) is 0 Å². The number of carbonyl (C=O) groups excluding carboxylic acids is 1. The molecule has 0 aromatic heterocycles. The van der Waals surface area contributed by atoms with Gasteiger partial charge < -0.3 is 20.4 Å². The van der Waals surface area contributed by atoms with Crippen LogP contribution < -0.4 is 5.32 Å². The third kappa shape index (κ3) is 7.01. The number of halogens is 1. The summed E-state index contributed by atoms with van der Waals surface area (Å²) in [5.41, 5.74) is 2.14. The van der Waals surface area contributed by atoms with Crippen molar-refractivity contribution in [1.82, 2.24) is 10.2 Å². The molecule has 0 unspecified atom stereocenters. The number of benzene rings is 3. The van der Waals surface area contributed by atoms with Crippen LogP contribution in [0.1, 0.15) is 47.4 Å². The van der Waals surface area contributed by atoms with E-state index in [1.807, 2.05) is 13.0 Å². The minimum Gasteiger partial charge on any atom is -0.393 e. The van der Waals surface area contributed by atoms with Crippen LogP contribution >= 0.6 is 11.6 Å². The van der Waals surface area contributed by atoms with E-state index in [1.165, 1.54) is 12.1 Å². The zero-order chi connectivity index (χ0) is 27.3. The minimum atomic E-state index is -3.73. The average Bonchev–Trinajstić information content (AvgIpc) is 2.92. The summed E-state index contributed by atoms with van der Waals surface area (Å²) in [7, 11) is -3.73. The zero-order valence-electron chi connectivity index (χ0n) is 21.3. The normalized spacial score (nSPS) is 16.3. The summed E-state index contributed by atoms with van der Waals surface area (Å²) in [6.07, 6.45) is 0.706. The fraction of sp³-hybridized carbons (Fsp3) is 0.345. The maximum absolute atomic E-state index is 13.1. The molecular formula is C29H33ClN2O5S. The Bertz CT molecular complexity index is 1340. The van der Waals surface area contributed by atoms with Gasteiger partial charge >= 0.3 is 0 Å². The van der Waals surface area contributed by atoms with Crippen LogP contribution in [0.2, 0.25) is 5.02 Å². The molecule has 0 radical (unpaired) electrons. The molecule has 0 bridgehead atoms. The van der Waals surface area contributed by atoms with Gasteiger partial charge in [-0.25, -0.2) is 8.42 Å². The molecule has 1 aliphatic heterocycles. The highest BCUT2D eigenvalue weighted by Gasteiger charge is 2.23. The molecule has 1 heterocycles. The Labute approximate surface area is 229 Å². The second kappa shape index (κ2) is 12.4. The van der Waals surface area contributed by atoms with Gasteiger partial charge in [-0.05, 0) is 85.8 Å². The monoisotopic (exact) mass is 556 g/mol. The lowest BCUT2D eigenvalue weighted by Crippen LogP contribution is -2.40. The highest BCUT2D eigenvalue weighted by atomic mass is 35.5. The third-order valence-corrected chi connectivity index (χ3v) is 8.85. The molecule has 1 saturated heterocycles. The summed E-state index contributed by atoms with van der Waals surface area (Å²) in [4.78, 5) is 14.7.